The number of hydrogen-bond acceptors (Lipinski definition) is 5. The van der Waals surface area contributed by atoms with Gasteiger partial charge in [0.1, 0.15) is 10.8 Å². The Bertz CT molecular complexity index is 752. The summed E-state index contributed by atoms with van der Waals surface area (Å²) in [5.74, 6) is 0.610. The third-order valence-electron chi connectivity index (χ3n) is 4.57. The van der Waals surface area contributed by atoms with Gasteiger partial charge in [-0.2, -0.15) is 0 Å². The molecule has 1 aromatic carbocycles. The van der Waals surface area contributed by atoms with Crippen LogP contribution in [0.4, 0.5) is 5.69 Å². The van der Waals surface area contributed by atoms with Crippen LogP contribution >= 0.6 is 11.3 Å². The minimum Gasteiger partial charge on any atom is -0.479 e. The van der Waals surface area contributed by atoms with Crippen molar-refractivity contribution in [2.24, 2.45) is 0 Å². The van der Waals surface area contributed by atoms with E-state index in [2.05, 4.69) is 15.6 Å². The molecule has 24 heavy (non-hydrogen) atoms. The molecule has 1 saturated heterocycles. The number of aromatic nitrogens is 1. The number of piperidine rings is 1. The molecule has 1 unspecified atom stereocenters. The molecule has 1 amide bonds. The zero-order chi connectivity index (χ0) is 16.5. The van der Waals surface area contributed by atoms with Gasteiger partial charge in [-0.05, 0) is 51.1 Å². The Morgan fingerprint density at radius 2 is 2.17 bits per heavy atom. The summed E-state index contributed by atoms with van der Waals surface area (Å²) in [6.07, 6.45) is 3.49. The van der Waals surface area contributed by atoms with E-state index in [-0.39, 0.29) is 5.91 Å². The van der Waals surface area contributed by atoms with Gasteiger partial charge in [0.25, 0.3) is 5.91 Å². The first-order valence-electron chi connectivity index (χ1n) is 8.48. The zero-order valence-electron chi connectivity index (χ0n) is 13.7. The predicted octanol–water partition coefficient (Wildman–Crippen LogP) is 3.52. The third-order valence-corrected chi connectivity index (χ3v) is 5.40. The van der Waals surface area contributed by atoms with E-state index in [9.17, 15) is 4.79 Å². The van der Waals surface area contributed by atoms with Crippen LogP contribution in [0, 0.1) is 0 Å². The number of carbonyl (C=O) groups is 1. The maximum atomic E-state index is 11.8. The first kappa shape index (κ1) is 15.6. The summed E-state index contributed by atoms with van der Waals surface area (Å²) in [5.41, 5.74) is 2.69. The molecule has 6 heteroatoms. The molecule has 2 aliphatic heterocycles. The molecular formula is C18H21N3O2S. The van der Waals surface area contributed by atoms with Crippen LogP contribution in [-0.2, 0) is 11.3 Å². The van der Waals surface area contributed by atoms with E-state index in [1.54, 1.807) is 18.3 Å². The summed E-state index contributed by atoms with van der Waals surface area (Å²) in [4.78, 5) is 19.0. The smallest absolute Gasteiger partial charge is 0.265 e. The highest BCUT2D eigenvalue weighted by atomic mass is 32.1. The van der Waals surface area contributed by atoms with E-state index in [0.717, 1.165) is 34.2 Å². The summed E-state index contributed by atoms with van der Waals surface area (Å²) in [5, 5.41) is 6.14. The predicted molar refractivity (Wildman–Crippen MR) is 95.4 cm³/mol. The first-order chi connectivity index (χ1) is 11.7. The van der Waals surface area contributed by atoms with Crippen LogP contribution in [0.25, 0.3) is 11.3 Å². The lowest BCUT2D eigenvalue weighted by molar-refractivity contribution is -0.122. The number of amides is 1. The molecule has 0 spiro atoms. The Morgan fingerprint density at radius 1 is 1.33 bits per heavy atom. The van der Waals surface area contributed by atoms with Crippen molar-refractivity contribution < 1.29 is 9.53 Å². The van der Waals surface area contributed by atoms with Crippen molar-refractivity contribution in [3.63, 3.8) is 0 Å². The quantitative estimate of drug-likeness (QED) is 0.926. The van der Waals surface area contributed by atoms with Crippen LogP contribution in [0.2, 0.25) is 0 Å². The highest BCUT2D eigenvalue weighted by molar-refractivity contribution is 7.09. The van der Waals surface area contributed by atoms with E-state index in [1.807, 2.05) is 18.2 Å². The lowest BCUT2D eigenvalue weighted by Gasteiger charge is -2.25. The molecule has 0 aliphatic carbocycles. The molecule has 1 fully saturated rings. The van der Waals surface area contributed by atoms with Crippen LogP contribution in [-0.4, -0.2) is 35.0 Å². The molecule has 0 bridgehead atoms. The molecule has 5 nitrogen and oxygen atoms in total. The lowest BCUT2D eigenvalue weighted by atomic mass is 10.1. The van der Waals surface area contributed by atoms with E-state index in [1.165, 1.54) is 32.4 Å². The highest BCUT2D eigenvalue weighted by Gasteiger charge is 2.24. The van der Waals surface area contributed by atoms with Crippen molar-refractivity contribution in [3.05, 3.63) is 28.6 Å². The van der Waals surface area contributed by atoms with Crippen LogP contribution < -0.4 is 10.1 Å². The minimum absolute atomic E-state index is 0.108. The molecule has 0 radical (unpaired) electrons. The third kappa shape index (κ3) is 3.16. The van der Waals surface area contributed by atoms with E-state index < -0.39 is 6.10 Å². The Kier molecular flexibility index (Phi) is 4.24. The normalized spacial score (nSPS) is 21.0. The molecule has 0 saturated carbocycles. The number of ether oxygens (including phenoxy) is 1. The number of rotatable bonds is 3. The molecule has 2 aromatic rings. The Balaban J connectivity index is 1.52. The highest BCUT2D eigenvalue weighted by Crippen LogP contribution is 2.34. The fraction of sp³-hybridized carbons (Fsp3) is 0.444. The van der Waals surface area contributed by atoms with Crippen LogP contribution in [0.3, 0.4) is 0 Å². The summed E-state index contributed by atoms with van der Waals surface area (Å²) >= 11 is 1.70. The number of nitrogens with one attached hydrogen (secondary N) is 1. The van der Waals surface area contributed by atoms with Gasteiger partial charge in [-0.15, -0.1) is 11.3 Å². The first-order valence-corrected chi connectivity index (χ1v) is 9.36. The van der Waals surface area contributed by atoms with E-state index in [4.69, 9.17) is 9.72 Å². The summed E-state index contributed by atoms with van der Waals surface area (Å²) < 4.78 is 5.60. The van der Waals surface area contributed by atoms with Crippen molar-refractivity contribution in [1.82, 2.24) is 9.88 Å². The summed E-state index contributed by atoms with van der Waals surface area (Å²) in [7, 11) is 0. The average molecular weight is 343 g/mol. The molecule has 1 N–H and O–H groups in total. The second kappa shape index (κ2) is 6.53. The fourth-order valence-corrected chi connectivity index (χ4v) is 4.04. The number of fused-ring (bicyclic) bond motifs is 1. The van der Waals surface area contributed by atoms with Gasteiger partial charge >= 0.3 is 0 Å². The number of hydrogen-bond donors (Lipinski definition) is 1. The van der Waals surface area contributed by atoms with E-state index in [0.29, 0.717) is 0 Å². The number of carbonyl (C=O) groups excluding carboxylic acids is 1. The summed E-state index contributed by atoms with van der Waals surface area (Å²) in [6, 6.07) is 5.85. The Labute approximate surface area is 145 Å². The molecule has 126 valence electrons. The Hall–Kier alpha value is -1.92. The van der Waals surface area contributed by atoms with Gasteiger partial charge in [0.2, 0.25) is 0 Å². The average Bonchev–Trinajstić information content (AvgIpc) is 3.05. The minimum atomic E-state index is -0.446. The molecule has 3 heterocycles. The van der Waals surface area contributed by atoms with Crippen LogP contribution in [0.1, 0.15) is 31.2 Å². The second-order valence-corrected chi connectivity index (χ2v) is 7.37. The number of nitrogens with zero attached hydrogens (tertiary/aromatic N) is 2. The number of anilines is 1. The van der Waals surface area contributed by atoms with Crippen LogP contribution in [0.5, 0.6) is 5.75 Å². The molecule has 4 rings (SSSR count). The van der Waals surface area contributed by atoms with E-state index >= 15 is 0 Å². The second-order valence-electron chi connectivity index (χ2n) is 6.42. The van der Waals surface area contributed by atoms with Crippen LogP contribution in [0.15, 0.2) is 23.6 Å². The maximum Gasteiger partial charge on any atom is 0.265 e. The zero-order valence-corrected chi connectivity index (χ0v) is 14.6. The standard InChI is InChI=1S/C18H21N3O2S/c1-12-18(22)20-14-9-13(5-6-16(14)23-12)15-11-24-17(19-15)10-21-7-3-2-4-8-21/h5-6,9,11-12H,2-4,7-8,10H2,1H3,(H,20,22). The lowest BCUT2D eigenvalue weighted by Crippen LogP contribution is -2.34. The van der Waals surface area contributed by atoms with Crippen molar-refractivity contribution >= 4 is 22.9 Å². The topological polar surface area (TPSA) is 54.5 Å². The van der Waals surface area contributed by atoms with Crippen molar-refractivity contribution in [1.29, 1.82) is 0 Å². The largest absolute Gasteiger partial charge is 0.479 e. The SMILES string of the molecule is CC1Oc2ccc(-c3csc(CN4CCCCC4)n3)cc2NC1=O. The van der Waals surface area contributed by atoms with Gasteiger partial charge in [-0.3, -0.25) is 9.69 Å². The fourth-order valence-electron chi connectivity index (χ4n) is 3.19. The van der Waals surface area contributed by atoms with Gasteiger partial charge in [-0.25, -0.2) is 4.98 Å². The number of benzene rings is 1. The van der Waals surface area contributed by atoms with Crippen molar-refractivity contribution in [3.8, 4) is 17.0 Å². The number of thiazole rings is 1. The van der Waals surface area contributed by atoms with Gasteiger partial charge in [-0.1, -0.05) is 6.42 Å². The molecule has 1 atom stereocenters. The van der Waals surface area contributed by atoms with Gasteiger partial charge in [0.05, 0.1) is 17.9 Å². The van der Waals surface area contributed by atoms with Crippen molar-refractivity contribution in [2.75, 3.05) is 18.4 Å². The van der Waals surface area contributed by atoms with Crippen molar-refractivity contribution in [2.45, 2.75) is 38.8 Å². The Morgan fingerprint density at radius 3 is 3.00 bits per heavy atom. The van der Waals surface area contributed by atoms with Gasteiger partial charge in [0.15, 0.2) is 6.10 Å². The summed E-state index contributed by atoms with van der Waals surface area (Å²) in [6.45, 7) is 5.04. The monoisotopic (exact) mass is 343 g/mol. The molecular weight excluding hydrogens is 322 g/mol. The van der Waals surface area contributed by atoms with Gasteiger partial charge in [0, 0.05) is 10.9 Å². The molecule has 2 aliphatic rings. The maximum absolute atomic E-state index is 11.8. The van der Waals surface area contributed by atoms with Gasteiger partial charge < -0.3 is 10.1 Å². The number of likely N-dealkylation sites (tertiary alicyclic amines) is 1. The molecule has 1 aromatic heterocycles.